The van der Waals surface area contributed by atoms with Crippen LogP contribution in [0.25, 0.3) is 22.3 Å². The van der Waals surface area contributed by atoms with E-state index >= 15 is 0 Å². The van der Waals surface area contributed by atoms with Gasteiger partial charge in [-0.25, -0.2) is 0 Å². The summed E-state index contributed by atoms with van der Waals surface area (Å²) in [6.07, 6.45) is 0. The molecule has 0 radical (unpaired) electrons. The van der Waals surface area contributed by atoms with Crippen LogP contribution in [0, 0.1) is 0 Å². The van der Waals surface area contributed by atoms with Gasteiger partial charge < -0.3 is 4.90 Å². The van der Waals surface area contributed by atoms with E-state index in [9.17, 15) is 0 Å². The number of rotatable bonds is 5. The minimum atomic E-state index is 1.14. The van der Waals surface area contributed by atoms with Crippen LogP contribution < -0.4 is 10.4 Å². The highest BCUT2D eigenvalue weighted by Gasteiger charge is 2.18. The number of hydrogen-bond donors (Lipinski definition) is 0. The van der Waals surface area contributed by atoms with Gasteiger partial charge >= 0.3 is 0 Å². The van der Waals surface area contributed by atoms with E-state index in [2.05, 4.69) is 146 Å². The van der Waals surface area contributed by atoms with Gasteiger partial charge in [0.2, 0.25) is 0 Å². The van der Waals surface area contributed by atoms with Gasteiger partial charge in [-0.1, -0.05) is 109 Å². The lowest BCUT2D eigenvalue weighted by Gasteiger charge is -2.28. The van der Waals surface area contributed by atoms with E-state index in [1.807, 2.05) is 0 Å². The Kier molecular flexibility index (Phi) is 5.59. The molecule has 0 atom stereocenters. The predicted molar refractivity (Wildman–Crippen MR) is 140 cm³/mol. The first kappa shape index (κ1) is 19.9. The maximum atomic E-state index is 2.35. The second kappa shape index (κ2) is 8.99. The first-order valence-corrected chi connectivity index (χ1v) is 11.0. The third kappa shape index (κ3) is 3.96. The van der Waals surface area contributed by atoms with Gasteiger partial charge in [-0.2, -0.15) is 0 Å². The SMILES string of the molecule is Bc1cccc(N(c2ccccc2)c2ccccc2-c2ccccc2-c2ccccc2)c1. The Morgan fingerprint density at radius 3 is 1.72 bits per heavy atom. The van der Waals surface area contributed by atoms with E-state index in [-0.39, 0.29) is 0 Å². The monoisotopic (exact) mass is 409 g/mol. The summed E-state index contributed by atoms with van der Waals surface area (Å²) in [6.45, 7) is 0. The second-order valence-electron chi connectivity index (χ2n) is 7.94. The second-order valence-corrected chi connectivity index (χ2v) is 7.94. The highest BCUT2D eigenvalue weighted by atomic mass is 15.1. The van der Waals surface area contributed by atoms with E-state index in [1.165, 1.54) is 27.7 Å². The summed E-state index contributed by atoms with van der Waals surface area (Å²) in [5.74, 6) is 0. The van der Waals surface area contributed by atoms with Crippen LogP contribution in [0.2, 0.25) is 0 Å². The molecule has 0 unspecified atom stereocenters. The Balaban J connectivity index is 1.74. The van der Waals surface area contributed by atoms with Gasteiger partial charge in [0.1, 0.15) is 7.85 Å². The molecular weight excluding hydrogens is 385 g/mol. The molecule has 0 aliphatic carbocycles. The summed E-state index contributed by atoms with van der Waals surface area (Å²) in [4.78, 5) is 2.35. The third-order valence-corrected chi connectivity index (χ3v) is 5.72. The Morgan fingerprint density at radius 2 is 1.00 bits per heavy atom. The Hall–Kier alpha value is -4.04. The molecule has 0 saturated carbocycles. The average Bonchev–Trinajstić information content (AvgIpc) is 2.86. The lowest BCUT2D eigenvalue weighted by molar-refractivity contribution is 1.29. The number of anilines is 3. The lowest BCUT2D eigenvalue weighted by Crippen LogP contribution is -2.13. The summed E-state index contributed by atoms with van der Waals surface area (Å²) in [6, 6.07) is 47.3. The molecular formula is C30H24BN. The Labute approximate surface area is 191 Å². The van der Waals surface area contributed by atoms with Crippen LogP contribution in [0.3, 0.4) is 0 Å². The van der Waals surface area contributed by atoms with Gasteiger partial charge in [0, 0.05) is 16.9 Å². The standard InChI is InChI=1S/C30H24BN/c31-24-14-11-17-26(22-24)32(25-15-5-2-6-16-25)30-21-10-9-20-29(30)28-19-8-7-18-27(28)23-12-3-1-4-13-23/h1-22H,31H2. The van der Waals surface area contributed by atoms with Gasteiger partial charge in [0.15, 0.2) is 0 Å². The topological polar surface area (TPSA) is 3.24 Å². The van der Waals surface area contributed by atoms with Crippen LogP contribution in [-0.4, -0.2) is 7.85 Å². The average molecular weight is 409 g/mol. The molecule has 0 saturated heterocycles. The molecule has 0 aliphatic heterocycles. The van der Waals surface area contributed by atoms with Crippen molar-refractivity contribution >= 4 is 30.4 Å². The zero-order valence-electron chi connectivity index (χ0n) is 18.1. The van der Waals surface area contributed by atoms with E-state index in [1.54, 1.807) is 0 Å². The van der Waals surface area contributed by atoms with Crippen molar-refractivity contribution in [3.05, 3.63) is 133 Å². The molecule has 0 amide bonds. The number of para-hydroxylation sites is 2. The smallest absolute Gasteiger partial charge is 0.139 e. The first-order chi connectivity index (χ1) is 15.8. The number of benzene rings is 5. The summed E-state index contributed by atoms with van der Waals surface area (Å²) in [7, 11) is 2.14. The molecule has 0 bridgehead atoms. The molecule has 1 nitrogen and oxygen atoms in total. The lowest BCUT2D eigenvalue weighted by atomic mass is 9.92. The fourth-order valence-electron chi connectivity index (χ4n) is 4.26. The highest BCUT2D eigenvalue weighted by Crippen LogP contribution is 2.42. The maximum Gasteiger partial charge on any atom is 0.139 e. The van der Waals surface area contributed by atoms with Crippen molar-refractivity contribution in [1.29, 1.82) is 0 Å². The van der Waals surface area contributed by atoms with E-state index in [0.717, 1.165) is 17.1 Å². The maximum absolute atomic E-state index is 2.35. The van der Waals surface area contributed by atoms with Crippen molar-refractivity contribution in [2.75, 3.05) is 4.90 Å². The van der Waals surface area contributed by atoms with Gasteiger partial charge in [-0.05, 0) is 47.0 Å². The molecule has 0 spiro atoms. The molecule has 5 rings (SSSR count). The minimum Gasteiger partial charge on any atom is -0.310 e. The third-order valence-electron chi connectivity index (χ3n) is 5.72. The van der Waals surface area contributed by atoms with Crippen LogP contribution in [0.15, 0.2) is 133 Å². The van der Waals surface area contributed by atoms with Crippen LogP contribution >= 0.6 is 0 Å². The van der Waals surface area contributed by atoms with Crippen molar-refractivity contribution in [2.45, 2.75) is 0 Å². The fraction of sp³-hybridized carbons (Fsp3) is 0. The van der Waals surface area contributed by atoms with Gasteiger partial charge in [-0.3, -0.25) is 0 Å². The first-order valence-electron chi connectivity index (χ1n) is 11.0. The highest BCUT2D eigenvalue weighted by molar-refractivity contribution is 6.32. The zero-order valence-corrected chi connectivity index (χ0v) is 18.1. The van der Waals surface area contributed by atoms with Crippen molar-refractivity contribution in [3.8, 4) is 22.3 Å². The fourth-order valence-corrected chi connectivity index (χ4v) is 4.26. The predicted octanol–water partition coefficient (Wildman–Crippen LogP) is 6.75. The Bertz CT molecular complexity index is 1330. The largest absolute Gasteiger partial charge is 0.310 e. The van der Waals surface area contributed by atoms with Crippen molar-refractivity contribution < 1.29 is 0 Å². The van der Waals surface area contributed by atoms with Crippen molar-refractivity contribution in [2.24, 2.45) is 0 Å². The van der Waals surface area contributed by atoms with E-state index in [0.29, 0.717) is 0 Å². The van der Waals surface area contributed by atoms with Crippen LogP contribution in [0.4, 0.5) is 17.1 Å². The minimum absolute atomic E-state index is 1.14. The summed E-state index contributed by atoms with van der Waals surface area (Å²) < 4.78 is 0. The number of nitrogens with zero attached hydrogens (tertiary/aromatic N) is 1. The molecule has 0 N–H and O–H groups in total. The molecule has 2 heteroatoms. The summed E-state index contributed by atoms with van der Waals surface area (Å²) >= 11 is 0. The molecule has 0 aliphatic rings. The van der Waals surface area contributed by atoms with Crippen LogP contribution in [0.5, 0.6) is 0 Å². The molecule has 0 aromatic heterocycles. The normalized spacial score (nSPS) is 10.6. The van der Waals surface area contributed by atoms with Crippen LogP contribution in [-0.2, 0) is 0 Å². The van der Waals surface area contributed by atoms with Crippen molar-refractivity contribution in [1.82, 2.24) is 0 Å². The van der Waals surface area contributed by atoms with Gasteiger partial charge in [0.25, 0.3) is 0 Å². The Morgan fingerprint density at radius 1 is 0.438 bits per heavy atom. The molecule has 152 valence electrons. The zero-order chi connectivity index (χ0) is 21.8. The molecule has 5 aromatic rings. The van der Waals surface area contributed by atoms with Crippen LogP contribution in [0.1, 0.15) is 0 Å². The molecule has 0 heterocycles. The molecule has 0 fully saturated rings. The molecule has 32 heavy (non-hydrogen) atoms. The summed E-state index contributed by atoms with van der Waals surface area (Å²) in [5, 5.41) is 0. The van der Waals surface area contributed by atoms with Gasteiger partial charge in [-0.15, -0.1) is 0 Å². The summed E-state index contributed by atoms with van der Waals surface area (Å²) in [5.41, 5.74) is 9.58. The van der Waals surface area contributed by atoms with Crippen molar-refractivity contribution in [3.63, 3.8) is 0 Å². The van der Waals surface area contributed by atoms with E-state index in [4.69, 9.17) is 0 Å². The number of hydrogen-bond acceptors (Lipinski definition) is 1. The quantitative estimate of drug-likeness (QED) is 0.290. The van der Waals surface area contributed by atoms with Gasteiger partial charge in [0.05, 0.1) is 5.69 Å². The molecule has 5 aromatic carbocycles. The van der Waals surface area contributed by atoms with E-state index < -0.39 is 0 Å².